The van der Waals surface area contributed by atoms with Crippen LogP contribution >= 0.6 is 0 Å². The Balaban J connectivity index is 2.82. The average molecular weight is 284 g/mol. The third-order valence-corrected chi connectivity index (χ3v) is 2.60. The summed E-state index contributed by atoms with van der Waals surface area (Å²) in [5, 5.41) is 32.1. The van der Waals surface area contributed by atoms with Gasteiger partial charge in [0.05, 0.1) is 17.6 Å². The summed E-state index contributed by atoms with van der Waals surface area (Å²) in [7, 11) is 1.46. The number of nitro groups is 1. The first-order valence-electron chi connectivity index (χ1n) is 5.89. The lowest BCUT2D eigenvalue weighted by molar-refractivity contribution is -0.384. The number of para-hydroxylation sites is 1. The molecule has 0 radical (unpaired) electrons. The van der Waals surface area contributed by atoms with Gasteiger partial charge in [-0.1, -0.05) is 6.07 Å². The lowest BCUT2D eigenvalue weighted by Gasteiger charge is -2.11. The van der Waals surface area contributed by atoms with Crippen molar-refractivity contribution in [3.8, 4) is 0 Å². The van der Waals surface area contributed by atoms with Gasteiger partial charge < -0.3 is 20.3 Å². The third-order valence-electron chi connectivity index (χ3n) is 2.60. The van der Waals surface area contributed by atoms with E-state index in [1.807, 2.05) is 0 Å². The number of hydrogen-bond acceptors (Lipinski definition) is 6. The molecule has 0 aliphatic heterocycles. The number of nitro benzene ring substituents is 1. The maximum absolute atomic E-state index is 11.0. The molecule has 0 saturated heterocycles. The Morgan fingerprint density at radius 2 is 2.25 bits per heavy atom. The molecule has 20 heavy (non-hydrogen) atoms. The highest BCUT2D eigenvalue weighted by Gasteiger charge is 2.23. The number of carboxylic acid groups (broad SMARTS) is 1. The van der Waals surface area contributed by atoms with Crippen LogP contribution in [0.4, 0.5) is 11.4 Å². The average Bonchev–Trinajstić information content (AvgIpc) is 2.38. The molecule has 1 aromatic carbocycles. The number of aromatic carboxylic acids is 1. The molecule has 110 valence electrons. The summed E-state index contributed by atoms with van der Waals surface area (Å²) in [6, 6.07) is 4.02. The van der Waals surface area contributed by atoms with Crippen LogP contribution in [0.15, 0.2) is 18.2 Å². The summed E-state index contributed by atoms with van der Waals surface area (Å²) in [6.45, 7) is 0.424. The number of rotatable bonds is 8. The number of aliphatic hydroxyl groups excluding tert-OH is 1. The zero-order valence-corrected chi connectivity index (χ0v) is 10.9. The molecular weight excluding hydrogens is 268 g/mol. The van der Waals surface area contributed by atoms with Crippen molar-refractivity contribution < 1.29 is 24.7 Å². The van der Waals surface area contributed by atoms with E-state index in [1.54, 1.807) is 0 Å². The molecule has 0 fully saturated rings. The number of carbonyl (C=O) groups is 1. The normalized spacial score (nSPS) is 11.9. The van der Waals surface area contributed by atoms with E-state index in [0.717, 1.165) is 0 Å². The first kappa shape index (κ1) is 15.9. The predicted molar refractivity (Wildman–Crippen MR) is 71.0 cm³/mol. The van der Waals surface area contributed by atoms with Crippen LogP contribution in [0.25, 0.3) is 0 Å². The fourth-order valence-electron chi connectivity index (χ4n) is 1.70. The third kappa shape index (κ3) is 4.18. The van der Waals surface area contributed by atoms with E-state index in [-0.39, 0.29) is 24.4 Å². The standard InChI is InChI=1S/C12H16N2O6/c1-20-7-8(15)5-6-13-10-4-2-3-9(12(16)17)11(10)14(18)19/h2-4,8,13,15H,5-7H2,1H3,(H,16,17). The highest BCUT2D eigenvalue weighted by atomic mass is 16.6. The molecular formula is C12H16N2O6. The molecule has 1 aromatic rings. The van der Waals surface area contributed by atoms with Crippen LogP contribution < -0.4 is 5.32 Å². The molecule has 0 heterocycles. The number of nitrogens with one attached hydrogen (secondary N) is 1. The van der Waals surface area contributed by atoms with Gasteiger partial charge >= 0.3 is 11.7 Å². The predicted octanol–water partition coefficient (Wildman–Crippen LogP) is 1.10. The lowest BCUT2D eigenvalue weighted by Crippen LogP contribution is -2.19. The summed E-state index contributed by atoms with van der Waals surface area (Å²) in [5.74, 6) is -1.36. The molecule has 0 spiro atoms. The van der Waals surface area contributed by atoms with Crippen molar-refractivity contribution in [2.75, 3.05) is 25.6 Å². The molecule has 1 atom stereocenters. The largest absolute Gasteiger partial charge is 0.477 e. The Kier molecular flexibility index (Phi) is 5.88. The van der Waals surface area contributed by atoms with Crippen LogP contribution in [0.5, 0.6) is 0 Å². The van der Waals surface area contributed by atoms with E-state index >= 15 is 0 Å². The smallest absolute Gasteiger partial charge is 0.342 e. The second-order valence-corrected chi connectivity index (χ2v) is 4.09. The Bertz CT molecular complexity index is 491. The summed E-state index contributed by atoms with van der Waals surface area (Å²) < 4.78 is 4.76. The Morgan fingerprint density at radius 1 is 1.55 bits per heavy atom. The molecule has 1 rings (SSSR count). The molecule has 0 aromatic heterocycles. The highest BCUT2D eigenvalue weighted by molar-refractivity contribution is 5.95. The van der Waals surface area contributed by atoms with Crippen molar-refractivity contribution in [1.29, 1.82) is 0 Å². The fourth-order valence-corrected chi connectivity index (χ4v) is 1.70. The number of aliphatic hydroxyl groups is 1. The first-order chi connectivity index (χ1) is 9.47. The molecule has 0 aliphatic rings. The second kappa shape index (κ2) is 7.41. The minimum Gasteiger partial charge on any atom is -0.477 e. The van der Waals surface area contributed by atoms with E-state index in [4.69, 9.17) is 9.84 Å². The van der Waals surface area contributed by atoms with Gasteiger partial charge in [-0.3, -0.25) is 10.1 Å². The topological polar surface area (TPSA) is 122 Å². The molecule has 3 N–H and O–H groups in total. The summed E-state index contributed by atoms with van der Waals surface area (Å²) in [4.78, 5) is 21.2. The van der Waals surface area contributed by atoms with Gasteiger partial charge in [-0.15, -0.1) is 0 Å². The highest BCUT2D eigenvalue weighted by Crippen LogP contribution is 2.28. The Hall–Kier alpha value is -2.19. The van der Waals surface area contributed by atoms with Gasteiger partial charge in [0.1, 0.15) is 11.3 Å². The quantitative estimate of drug-likeness (QED) is 0.482. The fraction of sp³-hybridized carbons (Fsp3) is 0.417. The van der Waals surface area contributed by atoms with Gasteiger partial charge in [-0.25, -0.2) is 4.79 Å². The summed E-state index contributed by atoms with van der Waals surface area (Å²) in [6.07, 6.45) is -0.364. The molecule has 0 aliphatic carbocycles. The maximum Gasteiger partial charge on any atom is 0.342 e. The van der Waals surface area contributed by atoms with Crippen LogP contribution in [0.1, 0.15) is 16.8 Å². The number of carboxylic acids is 1. The lowest BCUT2D eigenvalue weighted by atomic mass is 10.1. The van der Waals surface area contributed by atoms with Gasteiger partial charge in [0.15, 0.2) is 0 Å². The van der Waals surface area contributed by atoms with Gasteiger partial charge in [-0.2, -0.15) is 0 Å². The van der Waals surface area contributed by atoms with Crippen molar-refractivity contribution in [2.45, 2.75) is 12.5 Å². The van der Waals surface area contributed by atoms with E-state index < -0.39 is 22.7 Å². The zero-order valence-electron chi connectivity index (χ0n) is 10.9. The second-order valence-electron chi connectivity index (χ2n) is 4.09. The van der Waals surface area contributed by atoms with Crippen LogP contribution in [-0.4, -0.2) is 47.5 Å². The van der Waals surface area contributed by atoms with Crippen LogP contribution in [0.2, 0.25) is 0 Å². The zero-order chi connectivity index (χ0) is 15.1. The number of ether oxygens (including phenoxy) is 1. The molecule has 0 amide bonds. The SMILES string of the molecule is COCC(O)CCNc1cccc(C(=O)O)c1[N+](=O)[O-]. The molecule has 0 bridgehead atoms. The van der Waals surface area contributed by atoms with Gasteiger partial charge in [-0.05, 0) is 18.6 Å². The minimum atomic E-state index is -1.36. The number of nitrogens with zero attached hydrogens (tertiary/aromatic N) is 1. The first-order valence-corrected chi connectivity index (χ1v) is 5.89. The van der Waals surface area contributed by atoms with Crippen molar-refractivity contribution >= 4 is 17.3 Å². The number of benzene rings is 1. The molecule has 1 unspecified atom stereocenters. The van der Waals surface area contributed by atoms with Crippen molar-refractivity contribution in [2.24, 2.45) is 0 Å². The number of hydrogen-bond donors (Lipinski definition) is 3. The van der Waals surface area contributed by atoms with Crippen molar-refractivity contribution in [3.63, 3.8) is 0 Å². The van der Waals surface area contributed by atoms with E-state index in [9.17, 15) is 20.0 Å². The van der Waals surface area contributed by atoms with Crippen LogP contribution in [0.3, 0.4) is 0 Å². The maximum atomic E-state index is 11.0. The van der Waals surface area contributed by atoms with Crippen LogP contribution in [-0.2, 0) is 4.74 Å². The number of anilines is 1. The van der Waals surface area contributed by atoms with Gasteiger partial charge in [0, 0.05) is 13.7 Å². The van der Waals surface area contributed by atoms with E-state index in [1.165, 1.54) is 25.3 Å². The van der Waals surface area contributed by atoms with E-state index in [0.29, 0.717) is 6.42 Å². The molecule has 8 heteroatoms. The van der Waals surface area contributed by atoms with Crippen molar-refractivity contribution in [1.82, 2.24) is 0 Å². The van der Waals surface area contributed by atoms with Crippen molar-refractivity contribution in [3.05, 3.63) is 33.9 Å². The minimum absolute atomic E-state index is 0.111. The molecule has 8 nitrogen and oxygen atoms in total. The number of methoxy groups -OCH3 is 1. The summed E-state index contributed by atoms with van der Waals surface area (Å²) >= 11 is 0. The van der Waals surface area contributed by atoms with Crippen LogP contribution in [0, 0.1) is 10.1 Å². The Labute approximate surface area is 115 Å². The molecule has 0 saturated carbocycles. The monoisotopic (exact) mass is 284 g/mol. The van der Waals surface area contributed by atoms with Gasteiger partial charge in [0.2, 0.25) is 0 Å². The van der Waals surface area contributed by atoms with Gasteiger partial charge in [0.25, 0.3) is 0 Å². The summed E-state index contributed by atoms with van der Waals surface area (Å²) in [5.41, 5.74) is -0.752. The van der Waals surface area contributed by atoms with E-state index in [2.05, 4.69) is 5.32 Å². The Morgan fingerprint density at radius 3 is 2.80 bits per heavy atom.